The number of anilines is 2. The minimum absolute atomic E-state index is 0.0494. The van der Waals surface area contributed by atoms with Gasteiger partial charge in [-0.05, 0) is 69.5 Å². The maximum atomic E-state index is 12.9. The zero-order valence-electron chi connectivity index (χ0n) is 23.0. The molecule has 0 spiro atoms. The molecule has 0 radical (unpaired) electrons. The third-order valence-corrected chi connectivity index (χ3v) is 7.49. The van der Waals surface area contributed by atoms with E-state index in [9.17, 15) is 4.79 Å². The van der Waals surface area contributed by atoms with Crippen LogP contribution in [-0.2, 0) is 0 Å². The Kier molecular flexibility index (Phi) is 7.81. The average molecular weight is 514 g/mol. The summed E-state index contributed by atoms with van der Waals surface area (Å²) in [5.41, 5.74) is 7.10. The van der Waals surface area contributed by atoms with Crippen LogP contribution in [0.2, 0.25) is 0 Å². The smallest absolute Gasteiger partial charge is 0.253 e. The van der Waals surface area contributed by atoms with E-state index in [0.717, 1.165) is 79.6 Å². The fourth-order valence-corrected chi connectivity index (χ4v) is 5.07. The Bertz CT molecular complexity index is 1270. The molecule has 1 saturated heterocycles. The summed E-state index contributed by atoms with van der Waals surface area (Å²) in [4.78, 5) is 30.0. The number of aliphatic imine (C=N–C) groups is 1. The van der Waals surface area contributed by atoms with Crippen LogP contribution in [-0.4, -0.2) is 105 Å². The number of fused-ring (bicyclic) bond motifs is 1. The first kappa shape index (κ1) is 26.0. The van der Waals surface area contributed by atoms with E-state index in [-0.39, 0.29) is 5.91 Å². The maximum absolute atomic E-state index is 12.9. The van der Waals surface area contributed by atoms with Crippen LogP contribution in [0.25, 0.3) is 11.1 Å². The summed E-state index contributed by atoms with van der Waals surface area (Å²) in [7, 11) is 8.15. The van der Waals surface area contributed by atoms with Crippen LogP contribution in [0.5, 0.6) is 0 Å². The predicted molar refractivity (Wildman–Crippen MR) is 157 cm³/mol. The molecule has 3 aromatic rings. The van der Waals surface area contributed by atoms with Crippen molar-refractivity contribution in [3.63, 3.8) is 0 Å². The number of piperazine rings is 1. The van der Waals surface area contributed by atoms with Gasteiger partial charge in [0.2, 0.25) is 0 Å². The lowest BCUT2D eigenvalue weighted by atomic mass is 10.0. The van der Waals surface area contributed by atoms with E-state index in [1.807, 2.05) is 51.6 Å². The van der Waals surface area contributed by atoms with Crippen molar-refractivity contribution in [2.75, 3.05) is 84.2 Å². The van der Waals surface area contributed by atoms with Crippen LogP contribution in [0, 0.1) is 0 Å². The SMILES string of the molecule is CN(C)CCCN(C)C(=O)c1ccc(-c2c[nH]c3c2N=C(c2ccc(N4CCN(C)CC4)cc2)CN3)cc1. The Balaban J connectivity index is 1.29. The van der Waals surface area contributed by atoms with Gasteiger partial charge >= 0.3 is 0 Å². The number of hydrogen-bond acceptors (Lipinski definition) is 6. The molecule has 8 heteroatoms. The number of aromatic nitrogens is 1. The van der Waals surface area contributed by atoms with Crippen molar-refractivity contribution < 1.29 is 4.79 Å². The number of likely N-dealkylation sites (N-methyl/N-ethyl adjacent to an activating group) is 1. The molecule has 2 aliphatic rings. The van der Waals surface area contributed by atoms with Crippen LogP contribution >= 0.6 is 0 Å². The number of carbonyl (C=O) groups excluding carboxylic acids is 1. The van der Waals surface area contributed by atoms with Crippen LogP contribution in [0.3, 0.4) is 0 Å². The van der Waals surface area contributed by atoms with Crippen molar-refractivity contribution in [1.29, 1.82) is 0 Å². The van der Waals surface area contributed by atoms with Crippen molar-refractivity contribution in [2.45, 2.75) is 6.42 Å². The summed E-state index contributed by atoms with van der Waals surface area (Å²) in [6.07, 6.45) is 2.94. The molecule has 0 atom stereocenters. The Hall–Kier alpha value is -3.62. The Morgan fingerprint density at radius 3 is 2.29 bits per heavy atom. The van der Waals surface area contributed by atoms with Gasteiger partial charge in [0.25, 0.3) is 5.91 Å². The second kappa shape index (κ2) is 11.4. The lowest BCUT2D eigenvalue weighted by molar-refractivity contribution is 0.0790. The third kappa shape index (κ3) is 5.76. The Morgan fingerprint density at radius 1 is 0.921 bits per heavy atom. The number of hydrogen-bond donors (Lipinski definition) is 2. The van der Waals surface area contributed by atoms with Crippen LogP contribution < -0.4 is 10.2 Å². The second-order valence-electron chi connectivity index (χ2n) is 10.6. The lowest BCUT2D eigenvalue weighted by Crippen LogP contribution is -2.44. The molecule has 3 heterocycles. The maximum Gasteiger partial charge on any atom is 0.253 e. The van der Waals surface area contributed by atoms with Gasteiger partial charge in [0, 0.05) is 62.8 Å². The van der Waals surface area contributed by atoms with Gasteiger partial charge in [-0.2, -0.15) is 0 Å². The highest BCUT2D eigenvalue weighted by Gasteiger charge is 2.20. The first-order valence-electron chi connectivity index (χ1n) is 13.5. The molecule has 200 valence electrons. The van der Waals surface area contributed by atoms with E-state index in [1.165, 1.54) is 5.69 Å². The van der Waals surface area contributed by atoms with Crippen molar-refractivity contribution >= 4 is 28.8 Å². The number of aromatic amines is 1. The molecule has 38 heavy (non-hydrogen) atoms. The third-order valence-electron chi connectivity index (χ3n) is 7.49. The van der Waals surface area contributed by atoms with Gasteiger partial charge in [-0.15, -0.1) is 0 Å². The van der Waals surface area contributed by atoms with E-state index in [4.69, 9.17) is 4.99 Å². The van der Waals surface area contributed by atoms with Crippen LogP contribution in [0.15, 0.2) is 59.7 Å². The van der Waals surface area contributed by atoms with Crippen molar-refractivity contribution in [3.05, 3.63) is 65.9 Å². The van der Waals surface area contributed by atoms with Gasteiger partial charge < -0.3 is 29.9 Å². The van der Waals surface area contributed by atoms with Crippen molar-refractivity contribution in [2.24, 2.45) is 4.99 Å². The van der Waals surface area contributed by atoms with Crippen molar-refractivity contribution in [1.82, 2.24) is 19.7 Å². The Morgan fingerprint density at radius 2 is 1.61 bits per heavy atom. The molecule has 8 nitrogen and oxygen atoms in total. The summed E-state index contributed by atoms with van der Waals surface area (Å²) in [6.45, 7) is 6.70. The summed E-state index contributed by atoms with van der Waals surface area (Å²) >= 11 is 0. The highest BCUT2D eigenvalue weighted by molar-refractivity contribution is 6.08. The predicted octanol–water partition coefficient (Wildman–Crippen LogP) is 4.00. The fourth-order valence-electron chi connectivity index (χ4n) is 5.07. The molecule has 2 N–H and O–H groups in total. The molecule has 0 aliphatic carbocycles. The van der Waals surface area contributed by atoms with Gasteiger partial charge in [-0.1, -0.05) is 24.3 Å². The number of nitrogens with zero attached hydrogens (tertiary/aromatic N) is 5. The summed E-state index contributed by atoms with van der Waals surface area (Å²) in [5.74, 6) is 0.979. The number of amides is 1. The highest BCUT2D eigenvalue weighted by atomic mass is 16.2. The normalized spacial score (nSPS) is 15.7. The minimum atomic E-state index is 0.0494. The number of H-pyrrole nitrogens is 1. The number of carbonyl (C=O) groups is 1. The minimum Gasteiger partial charge on any atom is -0.369 e. The van der Waals surface area contributed by atoms with Gasteiger partial charge in [0.15, 0.2) is 0 Å². The van der Waals surface area contributed by atoms with Crippen molar-refractivity contribution in [3.8, 4) is 11.1 Å². The molecule has 1 aromatic heterocycles. The Labute approximate surface area is 225 Å². The van der Waals surface area contributed by atoms with Gasteiger partial charge in [0.1, 0.15) is 11.5 Å². The van der Waals surface area contributed by atoms with Gasteiger partial charge in [0.05, 0.1) is 12.3 Å². The lowest BCUT2D eigenvalue weighted by Gasteiger charge is -2.34. The molecule has 2 aromatic carbocycles. The highest BCUT2D eigenvalue weighted by Crippen LogP contribution is 2.39. The standard InChI is InChI=1S/C30H39N7O/c1-34(2)14-5-15-36(4)30(38)24-8-6-22(7-9-24)26-20-31-29-28(26)33-27(21-32-29)23-10-12-25(13-11-23)37-18-16-35(3)17-19-37/h6-13,20,31-32H,5,14-19,21H2,1-4H3. The topological polar surface area (TPSA) is 70.2 Å². The fraction of sp³-hybridized carbons (Fsp3) is 0.400. The zero-order chi connectivity index (χ0) is 26.6. The molecule has 0 unspecified atom stereocenters. The quantitative estimate of drug-likeness (QED) is 0.477. The van der Waals surface area contributed by atoms with E-state index in [2.05, 4.69) is 56.3 Å². The van der Waals surface area contributed by atoms with E-state index < -0.39 is 0 Å². The average Bonchev–Trinajstić information content (AvgIpc) is 3.36. The van der Waals surface area contributed by atoms with E-state index >= 15 is 0 Å². The molecule has 0 saturated carbocycles. The van der Waals surface area contributed by atoms with E-state index in [0.29, 0.717) is 12.1 Å². The van der Waals surface area contributed by atoms with Gasteiger partial charge in [-0.25, -0.2) is 4.99 Å². The molecular formula is C30H39N7O. The summed E-state index contributed by atoms with van der Waals surface area (Å²) < 4.78 is 0. The monoisotopic (exact) mass is 513 g/mol. The first-order chi connectivity index (χ1) is 18.4. The summed E-state index contributed by atoms with van der Waals surface area (Å²) in [5, 5.41) is 3.49. The van der Waals surface area contributed by atoms with Gasteiger partial charge in [-0.3, -0.25) is 4.79 Å². The molecule has 2 aliphatic heterocycles. The molecule has 5 rings (SSSR count). The molecule has 1 fully saturated rings. The van der Waals surface area contributed by atoms with E-state index in [1.54, 1.807) is 4.90 Å². The first-order valence-corrected chi connectivity index (χ1v) is 13.5. The molecule has 1 amide bonds. The zero-order valence-corrected chi connectivity index (χ0v) is 23.0. The molecular weight excluding hydrogens is 474 g/mol. The number of rotatable bonds is 8. The second-order valence-corrected chi connectivity index (χ2v) is 10.6. The largest absolute Gasteiger partial charge is 0.369 e. The molecule has 0 bridgehead atoms. The number of benzene rings is 2. The van der Waals surface area contributed by atoms with Crippen LogP contribution in [0.4, 0.5) is 17.2 Å². The summed E-state index contributed by atoms with van der Waals surface area (Å²) in [6, 6.07) is 16.6. The number of nitrogens with one attached hydrogen (secondary N) is 2. The van der Waals surface area contributed by atoms with Crippen LogP contribution in [0.1, 0.15) is 22.3 Å².